The van der Waals surface area contributed by atoms with Gasteiger partial charge in [0.15, 0.2) is 0 Å². The molecule has 5 N–H and O–H groups in total. The third-order valence-electron chi connectivity index (χ3n) is 1.67. The van der Waals surface area contributed by atoms with E-state index in [1.807, 2.05) is 0 Å². The first kappa shape index (κ1) is 12.4. The molecule has 15 heavy (non-hydrogen) atoms. The number of hydrogen-bond donors (Lipinski definition) is 4. The van der Waals surface area contributed by atoms with Gasteiger partial charge in [-0.25, -0.2) is 0 Å². The van der Waals surface area contributed by atoms with Gasteiger partial charge in [-0.1, -0.05) is 0 Å². The zero-order valence-electron chi connectivity index (χ0n) is 7.53. The van der Waals surface area contributed by atoms with Gasteiger partial charge >= 0.3 is 13.6 Å². The molecule has 0 radical (unpaired) electrons. The second kappa shape index (κ2) is 4.42. The Hall–Kier alpha value is -0.720. The second-order valence-corrected chi connectivity index (χ2v) is 5.97. The van der Waals surface area contributed by atoms with Crippen LogP contribution in [0.25, 0.3) is 0 Å². The molecule has 0 saturated carbocycles. The van der Waals surface area contributed by atoms with E-state index in [4.69, 9.17) is 20.6 Å². The standard InChI is InChI=1S/C7H10NO5PS/c8-5(7(9)10)3-4-1-2-6(15-4)14(11,12)13/h1-2,5H,3,8H2,(H,9,10)(H2,11,12,13)/t5-/m0/s1. The highest BCUT2D eigenvalue weighted by Gasteiger charge is 2.21. The van der Waals surface area contributed by atoms with Crippen LogP contribution in [0.5, 0.6) is 0 Å². The summed E-state index contributed by atoms with van der Waals surface area (Å²) in [5.74, 6) is -1.14. The first-order valence-corrected chi connectivity index (χ1v) is 6.37. The van der Waals surface area contributed by atoms with E-state index in [2.05, 4.69) is 0 Å². The van der Waals surface area contributed by atoms with Gasteiger partial charge in [0.05, 0.1) is 0 Å². The van der Waals surface area contributed by atoms with Crippen molar-refractivity contribution in [2.24, 2.45) is 5.73 Å². The molecule has 1 heterocycles. The molecular weight excluding hydrogens is 241 g/mol. The van der Waals surface area contributed by atoms with E-state index in [1.165, 1.54) is 12.1 Å². The number of nitrogens with two attached hydrogens (primary N) is 1. The van der Waals surface area contributed by atoms with Crippen LogP contribution in [-0.4, -0.2) is 26.9 Å². The summed E-state index contributed by atoms with van der Waals surface area (Å²) in [6, 6.07) is 1.71. The summed E-state index contributed by atoms with van der Waals surface area (Å²) in [5, 5.41) is 8.54. The number of carbonyl (C=O) groups is 1. The SMILES string of the molecule is N[C@@H](Cc1ccc(P(=O)(O)O)s1)C(=O)O. The summed E-state index contributed by atoms with van der Waals surface area (Å²) in [6.07, 6.45) is 0.0694. The van der Waals surface area contributed by atoms with Crippen molar-refractivity contribution in [3.8, 4) is 0 Å². The second-order valence-electron chi connectivity index (χ2n) is 2.93. The fraction of sp³-hybridized carbons (Fsp3) is 0.286. The quantitative estimate of drug-likeness (QED) is 0.535. The molecule has 8 heteroatoms. The Labute approximate surface area is 89.5 Å². The lowest BCUT2D eigenvalue weighted by atomic mass is 10.2. The molecule has 0 bridgehead atoms. The van der Waals surface area contributed by atoms with Gasteiger partial charge in [0.25, 0.3) is 0 Å². The number of thiophene rings is 1. The summed E-state index contributed by atoms with van der Waals surface area (Å²) in [6.45, 7) is 0. The number of carboxylic acids is 1. The monoisotopic (exact) mass is 251 g/mol. The fourth-order valence-corrected chi connectivity index (χ4v) is 2.84. The minimum atomic E-state index is -4.23. The Morgan fingerprint density at radius 3 is 2.53 bits per heavy atom. The minimum absolute atomic E-state index is 0.0694. The third kappa shape index (κ3) is 3.40. The summed E-state index contributed by atoms with van der Waals surface area (Å²) in [7, 11) is -4.23. The number of aliphatic carboxylic acids is 1. The smallest absolute Gasteiger partial charge is 0.366 e. The number of hydrogen-bond acceptors (Lipinski definition) is 4. The van der Waals surface area contributed by atoms with Crippen LogP contribution >= 0.6 is 18.9 Å². The Morgan fingerprint density at radius 1 is 1.53 bits per heavy atom. The van der Waals surface area contributed by atoms with Crippen molar-refractivity contribution in [1.82, 2.24) is 0 Å². The maximum Gasteiger partial charge on any atom is 0.366 e. The first-order valence-electron chi connectivity index (χ1n) is 3.94. The molecule has 1 rings (SSSR count). The normalized spacial score (nSPS) is 13.8. The molecule has 0 aliphatic rings. The highest BCUT2D eigenvalue weighted by atomic mass is 32.1. The van der Waals surface area contributed by atoms with E-state index >= 15 is 0 Å². The van der Waals surface area contributed by atoms with Gasteiger partial charge in [-0.3, -0.25) is 9.36 Å². The summed E-state index contributed by atoms with van der Waals surface area (Å²) < 4.78 is 10.7. The van der Waals surface area contributed by atoms with Gasteiger partial charge < -0.3 is 20.6 Å². The zero-order chi connectivity index (χ0) is 11.6. The average molecular weight is 251 g/mol. The number of carboxylic acid groups (broad SMARTS) is 1. The molecular formula is C7H10NO5PS. The van der Waals surface area contributed by atoms with Crippen LogP contribution in [-0.2, 0) is 15.8 Å². The van der Waals surface area contributed by atoms with E-state index in [1.54, 1.807) is 0 Å². The van der Waals surface area contributed by atoms with Crippen molar-refractivity contribution in [3.63, 3.8) is 0 Å². The summed E-state index contributed by atoms with van der Waals surface area (Å²) in [5.41, 5.74) is 5.28. The zero-order valence-corrected chi connectivity index (χ0v) is 9.24. The fourth-order valence-electron chi connectivity index (χ4n) is 0.937. The van der Waals surface area contributed by atoms with Crippen LogP contribution in [0.1, 0.15) is 4.88 Å². The van der Waals surface area contributed by atoms with Crippen LogP contribution < -0.4 is 10.4 Å². The van der Waals surface area contributed by atoms with E-state index in [0.29, 0.717) is 4.88 Å². The van der Waals surface area contributed by atoms with Crippen molar-refractivity contribution < 1.29 is 24.3 Å². The summed E-state index contributed by atoms with van der Waals surface area (Å²) >= 11 is 0.879. The van der Waals surface area contributed by atoms with E-state index in [9.17, 15) is 9.36 Å². The van der Waals surface area contributed by atoms with Crippen LogP contribution in [0.3, 0.4) is 0 Å². The minimum Gasteiger partial charge on any atom is -0.480 e. The predicted molar refractivity (Wildman–Crippen MR) is 55.3 cm³/mol. The summed E-state index contributed by atoms with van der Waals surface area (Å²) in [4.78, 5) is 28.6. The molecule has 0 aromatic carbocycles. The van der Waals surface area contributed by atoms with Gasteiger partial charge in [0.2, 0.25) is 0 Å². The molecule has 6 nitrogen and oxygen atoms in total. The molecule has 0 spiro atoms. The van der Waals surface area contributed by atoms with E-state index in [0.717, 1.165) is 11.3 Å². The maximum absolute atomic E-state index is 10.8. The molecule has 1 aromatic heterocycles. The molecule has 1 atom stereocenters. The largest absolute Gasteiger partial charge is 0.480 e. The highest BCUT2D eigenvalue weighted by molar-refractivity contribution is 7.67. The third-order valence-corrected chi connectivity index (χ3v) is 4.29. The van der Waals surface area contributed by atoms with Gasteiger partial charge in [-0.05, 0) is 12.1 Å². The average Bonchev–Trinajstić information content (AvgIpc) is 2.51. The van der Waals surface area contributed by atoms with Crippen molar-refractivity contribution in [2.45, 2.75) is 12.5 Å². The maximum atomic E-state index is 10.8. The molecule has 0 aliphatic heterocycles. The molecule has 0 aliphatic carbocycles. The predicted octanol–water partition coefficient (Wildman–Crippen LogP) is -0.495. The van der Waals surface area contributed by atoms with Gasteiger partial charge in [0.1, 0.15) is 10.7 Å². The lowest BCUT2D eigenvalue weighted by Gasteiger charge is -2.03. The van der Waals surface area contributed by atoms with Crippen LogP contribution in [0, 0.1) is 0 Å². The highest BCUT2D eigenvalue weighted by Crippen LogP contribution is 2.36. The Morgan fingerprint density at radius 2 is 2.13 bits per heavy atom. The van der Waals surface area contributed by atoms with E-state index < -0.39 is 19.6 Å². The first-order chi connectivity index (χ1) is 6.80. The molecule has 0 amide bonds. The molecule has 1 aromatic rings. The Bertz CT molecular complexity index is 411. The topological polar surface area (TPSA) is 121 Å². The lowest BCUT2D eigenvalue weighted by molar-refractivity contribution is -0.138. The number of rotatable bonds is 4. The molecule has 0 fully saturated rings. The molecule has 84 valence electrons. The van der Waals surface area contributed by atoms with Gasteiger partial charge in [-0.15, -0.1) is 11.3 Å². The molecule has 0 saturated heterocycles. The lowest BCUT2D eigenvalue weighted by Crippen LogP contribution is -2.31. The van der Waals surface area contributed by atoms with Crippen molar-refractivity contribution in [3.05, 3.63) is 17.0 Å². The van der Waals surface area contributed by atoms with E-state index in [-0.39, 0.29) is 11.0 Å². The van der Waals surface area contributed by atoms with Gasteiger partial charge in [0, 0.05) is 11.3 Å². The van der Waals surface area contributed by atoms with Gasteiger partial charge in [-0.2, -0.15) is 0 Å². The van der Waals surface area contributed by atoms with Crippen LogP contribution in [0.4, 0.5) is 0 Å². The Balaban J connectivity index is 2.78. The Kier molecular flexibility index (Phi) is 3.64. The van der Waals surface area contributed by atoms with Crippen molar-refractivity contribution in [1.29, 1.82) is 0 Å². The molecule has 0 unspecified atom stereocenters. The van der Waals surface area contributed by atoms with Crippen molar-refractivity contribution >= 4 is 29.5 Å². The van der Waals surface area contributed by atoms with Crippen molar-refractivity contribution in [2.75, 3.05) is 0 Å². The van der Waals surface area contributed by atoms with Crippen LogP contribution in [0.2, 0.25) is 0 Å². The van der Waals surface area contributed by atoms with Crippen LogP contribution in [0.15, 0.2) is 12.1 Å².